The lowest BCUT2D eigenvalue weighted by molar-refractivity contribution is -0.136. The maximum Gasteiger partial charge on any atom is 0.249 e. The van der Waals surface area contributed by atoms with Crippen LogP contribution in [0.1, 0.15) is 24.6 Å². The molecular weight excluding hydrogens is 464 g/mol. The highest BCUT2D eigenvalue weighted by molar-refractivity contribution is 8.00. The molecule has 164 valence electrons. The number of hydrogen-bond acceptors (Lipinski definition) is 7. The zero-order valence-corrected chi connectivity index (χ0v) is 19.6. The molecule has 7 nitrogen and oxygen atoms in total. The first-order valence-electron chi connectivity index (χ1n) is 10.1. The van der Waals surface area contributed by atoms with Crippen LogP contribution < -0.4 is 10.6 Å². The summed E-state index contributed by atoms with van der Waals surface area (Å²) in [5, 5.41) is 10.0. The van der Waals surface area contributed by atoms with Crippen LogP contribution in [0, 0.1) is 0 Å². The standard InChI is InChI=1S/C22H20N4O3S3/c1-13(27)23-15-6-4-14(5-7-15)16-11-31-21(24-16)25-20(29)17-12-32-22(18-3-2-10-30-18)9-8-19(28)26(17)22/h2-7,10-11,17H,8-9,12H2,1H3,(H,23,27)(H,24,25,29). The van der Waals surface area contributed by atoms with Crippen molar-refractivity contribution in [1.82, 2.24) is 9.88 Å². The van der Waals surface area contributed by atoms with E-state index in [1.165, 1.54) is 18.3 Å². The van der Waals surface area contributed by atoms with Crippen LogP contribution >= 0.6 is 34.4 Å². The van der Waals surface area contributed by atoms with Gasteiger partial charge in [-0.1, -0.05) is 18.2 Å². The lowest BCUT2D eigenvalue weighted by atomic mass is 10.1. The van der Waals surface area contributed by atoms with Crippen molar-refractivity contribution in [2.45, 2.75) is 30.7 Å². The quantitative estimate of drug-likeness (QED) is 0.562. The van der Waals surface area contributed by atoms with Crippen LogP contribution in [0.2, 0.25) is 0 Å². The van der Waals surface area contributed by atoms with Gasteiger partial charge in [0.05, 0.1) is 5.69 Å². The van der Waals surface area contributed by atoms with Crippen LogP contribution in [-0.2, 0) is 19.3 Å². The van der Waals surface area contributed by atoms with Crippen molar-refractivity contribution in [3.05, 3.63) is 52.0 Å². The lowest BCUT2D eigenvalue weighted by Gasteiger charge is -2.32. The molecule has 0 radical (unpaired) electrons. The number of hydrogen-bond donors (Lipinski definition) is 2. The molecule has 0 bridgehead atoms. The fourth-order valence-corrected chi connectivity index (χ4v) is 7.61. The summed E-state index contributed by atoms with van der Waals surface area (Å²) in [5.41, 5.74) is 2.35. The van der Waals surface area contributed by atoms with Gasteiger partial charge in [-0.2, -0.15) is 0 Å². The average Bonchev–Trinajstić information content (AvgIpc) is 3.54. The lowest BCUT2D eigenvalue weighted by Crippen LogP contribution is -2.47. The predicted octanol–water partition coefficient (Wildman–Crippen LogP) is 4.36. The Balaban J connectivity index is 1.30. The van der Waals surface area contributed by atoms with Gasteiger partial charge in [0.1, 0.15) is 10.9 Å². The Hall–Kier alpha value is -2.69. The highest BCUT2D eigenvalue weighted by Gasteiger charge is 2.57. The van der Waals surface area contributed by atoms with E-state index in [4.69, 9.17) is 0 Å². The molecule has 2 aromatic heterocycles. The number of anilines is 2. The minimum Gasteiger partial charge on any atom is -0.326 e. The molecule has 10 heteroatoms. The minimum atomic E-state index is -0.513. The molecule has 2 atom stereocenters. The number of amides is 3. The number of nitrogens with one attached hydrogen (secondary N) is 2. The number of nitrogens with zero attached hydrogens (tertiary/aromatic N) is 2. The van der Waals surface area contributed by atoms with Crippen molar-refractivity contribution in [3.63, 3.8) is 0 Å². The Morgan fingerprint density at radius 3 is 2.69 bits per heavy atom. The van der Waals surface area contributed by atoms with Crippen LogP contribution in [0.3, 0.4) is 0 Å². The molecule has 2 fully saturated rings. The second-order valence-corrected chi connectivity index (χ2v) is 10.7. The van der Waals surface area contributed by atoms with Crippen LogP contribution in [0.25, 0.3) is 11.3 Å². The summed E-state index contributed by atoms with van der Waals surface area (Å²) in [6.07, 6.45) is 1.20. The summed E-state index contributed by atoms with van der Waals surface area (Å²) in [6.45, 7) is 1.46. The van der Waals surface area contributed by atoms with Gasteiger partial charge in [0.25, 0.3) is 0 Å². The molecule has 0 aliphatic carbocycles. The molecular formula is C22H20N4O3S3. The summed E-state index contributed by atoms with van der Waals surface area (Å²) in [7, 11) is 0. The third-order valence-electron chi connectivity index (χ3n) is 5.57. The number of fused-ring (bicyclic) bond motifs is 1. The van der Waals surface area contributed by atoms with E-state index in [0.717, 1.165) is 22.6 Å². The van der Waals surface area contributed by atoms with E-state index in [0.29, 0.717) is 23.0 Å². The Morgan fingerprint density at radius 2 is 1.97 bits per heavy atom. The summed E-state index contributed by atoms with van der Waals surface area (Å²) >= 11 is 4.66. The zero-order chi connectivity index (χ0) is 22.3. The van der Waals surface area contributed by atoms with Gasteiger partial charge < -0.3 is 15.5 Å². The number of aromatic nitrogens is 1. The molecule has 0 saturated carbocycles. The molecule has 2 saturated heterocycles. The molecule has 3 aromatic rings. The largest absolute Gasteiger partial charge is 0.326 e. The first-order chi connectivity index (χ1) is 15.5. The SMILES string of the molecule is CC(=O)Nc1ccc(-c2csc(NC(=O)C3CSC4(c5cccs5)CCC(=O)N34)n2)cc1. The van der Waals surface area contributed by atoms with Gasteiger partial charge in [-0.25, -0.2) is 4.98 Å². The monoisotopic (exact) mass is 484 g/mol. The number of carbonyl (C=O) groups excluding carboxylic acids is 3. The van der Waals surface area contributed by atoms with Crippen molar-refractivity contribution >= 4 is 63.0 Å². The van der Waals surface area contributed by atoms with Crippen molar-refractivity contribution in [1.29, 1.82) is 0 Å². The number of thiophene rings is 1. The molecule has 2 aliphatic rings. The summed E-state index contributed by atoms with van der Waals surface area (Å²) in [6, 6.07) is 10.9. The van der Waals surface area contributed by atoms with E-state index >= 15 is 0 Å². The van der Waals surface area contributed by atoms with Crippen LogP contribution in [-0.4, -0.2) is 39.4 Å². The number of benzene rings is 1. The molecule has 32 heavy (non-hydrogen) atoms. The smallest absolute Gasteiger partial charge is 0.249 e. The van der Waals surface area contributed by atoms with Crippen molar-refractivity contribution < 1.29 is 14.4 Å². The van der Waals surface area contributed by atoms with Crippen LogP contribution in [0.5, 0.6) is 0 Å². The highest BCUT2D eigenvalue weighted by atomic mass is 32.2. The Labute approximate surface area is 197 Å². The Morgan fingerprint density at radius 1 is 1.16 bits per heavy atom. The second kappa shape index (κ2) is 8.34. The van der Waals surface area contributed by atoms with Gasteiger partial charge in [-0.15, -0.1) is 34.4 Å². The molecule has 1 aromatic carbocycles. The molecule has 0 spiro atoms. The zero-order valence-electron chi connectivity index (χ0n) is 17.2. The number of thiazole rings is 1. The Bertz CT molecular complexity index is 1180. The fraction of sp³-hybridized carbons (Fsp3) is 0.273. The topological polar surface area (TPSA) is 91.4 Å². The third-order valence-corrected chi connectivity index (χ3v) is 9.06. The van der Waals surface area contributed by atoms with Crippen molar-refractivity contribution in [2.24, 2.45) is 0 Å². The summed E-state index contributed by atoms with van der Waals surface area (Å²) in [4.78, 5) is 44.0. The number of carbonyl (C=O) groups is 3. The van der Waals surface area contributed by atoms with E-state index in [1.807, 2.05) is 47.2 Å². The normalized spacial score (nSPS) is 22.1. The molecule has 2 aliphatic heterocycles. The van der Waals surface area contributed by atoms with E-state index in [2.05, 4.69) is 15.6 Å². The van der Waals surface area contributed by atoms with E-state index in [1.54, 1.807) is 28.0 Å². The summed E-state index contributed by atoms with van der Waals surface area (Å²) in [5.74, 6) is 0.273. The molecule has 2 N–H and O–H groups in total. The number of thioether (sulfide) groups is 1. The van der Waals surface area contributed by atoms with Crippen molar-refractivity contribution in [2.75, 3.05) is 16.4 Å². The second-order valence-electron chi connectivity index (χ2n) is 7.64. The number of rotatable bonds is 5. The highest BCUT2D eigenvalue weighted by Crippen LogP contribution is 2.55. The maximum atomic E-state index is 13.1. The van der Waals surface area contributed by atoms with Gasteiger partial charge in [0.15, 0.2) is 5.13 Å². The van der Waals surface area contributed by atoms with Gasteiger partial charge in [-0.3, -0.25) is 14.4 Å². The van der Waals surface area contributed by atoms with E-state index in [9.17, 15) is 14.4 Å². The maximum absolute atomic E-state index is 13.1. The van der Waals surface area contributed by atoms with Gasteiger partial charge in [0, 0.05) is 40.6 Å². The summed E-state index contributed by atoms with van der Waals surface area (Å²) < 4.78 is 0. The fourth-order valence-electron chi connectivity index (χ4n) is 4.16. The molecule has 3 amide bonds. The van der Waals surface area contributed by atoms with E-state index in [-0.39, 0.29) is 17.7 Å². The Kier molecular flexibility index (Phi) is 5.52. The van der Waals surface area contributed by atoms with Gasteiger partial charge >= 0.3 is 0 Å². The first-order valence-corrected chi connectivity index (χ1v) is 12.9. The van der Waals surface area contributed by atoms with Gasteiger partial charge in [-0.05, 0) is 30.0 Å². The van der Waals surface area contributed by atoms with Crippen molar-refractivity contribution in [3.8, 4) is 11.3 Å². The van der Waals surface area contributed by atoms with E-state index < -0.39 is 10.9 Å². The molecule has 4 heterocycles. The third kappa shape index (κ3) is 3.72. The van der Waals surface area contributed by atoms with Crippen LogP contribution in [0.15, 0.2) is 47.2 Å². The average molecular weight is 485 g/mol. The molecule has 5 rings (SSSR count). The van der Waals surface area contributed by atoms with Crippen LogP contribution in [0.4, 0.5) is 10.8 Å². The predicted molar refractivity (Wildman–Crippen MR) is 129 cm³/mol. The molecule has 2 unspecified atom stereocenters. The minimum absolute atomic E-state index is 0.0302. The first kappa shape index (κ1) is 21.2. The van der Waals surface area contributed by atoms with Gasteiger partial charge in [0.2, 0.25) is 17.7 Å².